The summed E-state index contributed by atoms with van der Waals surface area (Å²) in [6.45, 7) is 23.0. The van der Waals surface area contributed by atoms with E-state index in [9.17, 15) is 18.8 Å². The standard InChI is InChI=1S/C27H20NO.C22H18NO.C21H15FNO.3C5H8O2.3Ir/c1-18-15-19(2)17-22(16-18)24-14-13-23-25(20-9-5-3-6-10-20)26(29-27(23)28-24)21-11-7-4-8-12-21;1-14-11-15(2)13-18(12-14)20-10-9-19-16(3)21(24-22(19)23-20)17-7-5-4-6-8-17;1-13-9-14(2)11-17(10-13)19-8-5-16-12-20(24-21(16)23-19)15-3-6-18(22)7-4-15;3*1-4(6)3-5(2)7;;;/h3-16H,1-2H3;4-12H,1-3H3;3-10,12H,1-2H3;3*3,6H,1-2H3;;;/q3*-1;;;;;;. The fourth-order valence-electron chi connectivity index (χ4n) is 10.7. The number of halogens is 1. The van der Waals surface area contributed by atoms with E-state index in [1.807, 2.05) is 73.7 Å². The summed E-state index contributed by atoms with van der Waals surface area (Å²) in [5.74, 6) is 1.97. The van der Waals surface area contributed by atoms with Crippen molar-refractivity contribution in [2.75, 3.05) is 0 Å². The first-order valence-corrected chi connectivity index (χ1v) is 31.6. The Morgan fingerprint density at radius 3 is 1.13 bits per heavy atom. The summed E-state index contributed by atoms with van der Waals surface area (Å²) in [7, 11) is 0. The van der Waals surface area contributed by atoms with Crippen LogP contribution in [-0.4, -0.2) is 47.6 Å². The molecule has 0 saturated heterocycles. The van der Waals surface area contributed by atoms with Crippen LogP contribution in [0.1, 0.15) is 80.5 Å². The smallest absolute Gasteiger partial charge is 0.218 e. The predicted octanol–water partition coefficient (Wildman–Crippen LogP) is 22.0. The van der Waals surface area contributed by atoms with Gasteiger partial charge in [0.1, 0.15) is 23.1 Å². The molecule has 0 unspecified atom stereocenters. The number of furan rings is 3. The topological polar surface area (TPSA) is 190 Å². The molecule has 12 nitrogen and oxygen atoms in total. The number of ketones is 3. The summed E-state index contributed by atoms with van der Waals surface area (Å²) < 4.78 is 31.4. The molecule has 3 radical (unpaired) electrons. The minimum Gasteiger partial charge on any atom is -0.512 e. The van der Waals surface area contributed by atoms with Crippen molar-refractivity contribution in [3.05, 3.63) is 293 Å². The van der Waals surface area contributed by atoms with Crippen molar-refractivity contribution in [1.29, 1.82) is 0 Å². The number of aromatic nitrogens is 3. The van der Waals surface area contributed by atoms with Gasteiger partial charge in [0.25, 0.3) is 0 Å². The van der Waals surface area contributed by atoms with Crippen molar-refractivity contribution in [1.82, 2.24) is 15.0 Å². The van der Waals surface area contributed by atoms with Crippen molar-refractivity contribution in [2.45, 2.75) is 90.0 Å². The Labute approximate surface area is 629 Å². The molecule has 13 aromatic rings. The largest absolute Gasteiger partial charge is 0.512 e. The molecule has 3 N–H and O–H groups in total. The monoisotopic (exact) mass is 1880 g/mol. The summed E-state index contributed by atoms with van der Waals surface area (Å²) in [5.41, 5.74) is 20.6. The molecule has 7 aromatic carbocycles. The molecule has 0 aliphatic heterocycles. The molecule has 0 bridgehead atoms. The molecule has 0 aliphatic carbocycles. The van der Waals surface area contributed by atoms with Crippen molar-refractivity contribution in [3.8, 4) is 78.9 Å². The first-order valence-electron chi connectivity index (χ1n) is 31.6. The van der Waals surface area contributed by atoms with Gasteiger partial charge in [-0.3, -0.25) is 29.3 Å². The van der Waals surface area contributed by atoms with Crippen LogP contribution in [0.2, 0.25) is 0 Å². The number of rotatable bonds is 10. The Balaban J connectivity index is 0.000000236. The van der Waals surface area contributed by atoms with Crippen LogP contribution in [0, 0.1) is 72.5 Å². The van der Waals surface area contributed by atoms with Gasteiger partial charge in [0.05, 0.1) is 17.3 Å². The van der Waals surface area contributed by atoms with Gasteiger partial charge in [0.2, 0.25) is 17.1 Å². The second-order valence-electron chi connectivity index (χ2n) is 23.7. The van der Waals surface area contributed by atoms with Gasteiger partial charge in [-0.1, -0.05) is 169 Å². The molecule has 0 amide bonds. The quantitative estimate of drug-likeness (QED) is 0.0668. The number of pyridine rings is 3. The van der Waals surface area contributed by atoms with Crippen LogP contribution in [0.5, 0.6) is 0 Å². The summed E-state index contributed by atoms with van der Waals surface area (Å²) in [6.07, 6.45) is 3.50. The second-order valence-corrected chi connectivity index (χ2v) is 23.7. The molecular formula is C85H77FIr3N3O9-3. The molecule has 0 atom stereocenters. The maximum atomic E-state index is 13.1. The van der Waals surface area contributed by atoms with Gasteiger partial charge >= 0.3 is 0 Å². The molecular weight excluding hydrogens is 1800 g/mol. The maximum Gasteiger partial charge on any atom is 0.218 e. The molecule has 0 spiro atoms. The van der Waals surface area contributed by atoms with E-state index in [1.165, 1.54) is 88.6 Å². The van der Waals surface area contributed by atoms with E-state index in [-0.39, 0.29) is 101 Å². The molecule has 13 rings (SSSR count). The fraction of sp³-hybridized carbons (Fsp3) is 0.153. The van der Waals surface area contributed by atoms with Crippen LogP contribution in [0.25, 0.3) is 112 Å². The first-order chi connectivity index (χ1) is 46.8. The van der Waals surface area contributed by atoms with E-state index in [1.54, 1.807) is 12.1 Å². The Morgan fingerprint density at radius 1 is 0.386 bits per heavy atom. The van der Waals surface area contributed by atoms with Crippen LogP contribution in [-0.2, 0) is 74.7 Å². The van der Waals surface area contributed by atoms with Crippen molar-refractivity contribution < 1.29 is 108 Å². The van der Waals surface area contributed by atoms with Gasteiger partial charge in [-0.2, -0.15) is 0 Å². The zero-order chi connectivity index (χ0) is 70.7. The van der Waals surface area contributed by atoms with Crippen molar-refractivity contribution >= 4 is 50.6 Å². The molecule has 6 heterocycles. The van der Waals surface area contributed by atoms with E-state index in [4.69, 9.17) is 38.5 Å². The molecule has 0 fully saturated rings. The van der Waals surface area contributed by atoms with Gasteiger partial charge in [-0.25, -0.2) is 4.39 Å². The predicted molar refractivity (Wildman–Crippen MR) is 391 cm³/mol. The minimum absolute atomic E-state index is 0. The average Bonchev–Trinajstić information content (AvgIpc) is 1.63. The molecule has 101 heavy (non-hydrogen) atoms. The molecule has 0 aliphatic rings. The summed E-state index contributed by atoms with van der Waals surface area (Å²) in [5, 5.41) is 28.1. The summed E-state index contributed by atoms with van der Waals surface area (Å²) >= 11 is 0. The number of nitrogens with zero attached hydrogens (tertiary/aromatic N) is 3. The number of hydrogen-bond acceptors (Lipinski definition) is 12. The van der Waals surface area contributed by atoms with E-state index >= 15 is 0 Å². The number of hydrogen-bond donors (Lipinski definition) is 3. The van der Waals surface area contributed by atoms with Crippen molar-refractivity contribution in [3.63, 3.8) is 0 Å². The summed E-state index contributed by atoms with van der Waals surface area (Å²) in [4.78, 5) is 44.3. The first kappa shape index (κ1) is 81.8. The van der Waals surface area contributed by atoms with Gasteiger partial charge in [0.15, 0.2) is 17.3 Å². The van der Waals surface area contributed by atoms with E-state index < -0.39 is 0 Å². The number of aliphatic hydroxyl groups is 3. The van der Waals surface area contributed by atoms with Crippen LogP contribution < -0.4 is 0 Å². The Hall–Kier alpha value is -9.88. The van der Waals surface area contributed by atoms with E-state index in [0.717, 1.165) is 112 Å². The zero-order valence-electron chi connectivity index (χ0n) is 58.2. The molecule has 6 aromatic heterocycles. The summed E-state index contributed by atoms with van der Waals surface area (Å²) in [6, 6.07) is 73.9. The normalized spacial score (nSPS) is 10.9. The SMILES string of the molecule is CC(=O)C=C(C)O.CC(=O)C=C(C)O.CC(=O)C=C(C)O.Cc1[c-]c(-c2ccc3c(-c4ccccc4)c(-c4ccccc4)oc3n2)cc(C)c1.Cc1[c-]c(-c2ccc3c(C)c(-c4ccccc4)oc3n2)cc(C)c1.Cc1[c-]c(-c2ccc3cc(-c4ccc(F)cc4)oc3n2)cc(C)c1.[Ir].[Ir].[Ir]. The number of aryl methyl sites for hydroxylation is 7. The maximum absolute atomic E-state index is 13.1. The van der Waals surface area contributed by atoms with Crippen LogP contribution in [0.4, 0.5) is 4.39 Å². The third-order valence-electron chi connectivity index (χ3n) is 14.5. The molecule has 0 saturated carbocycles. The van der Waals surface area contributed by atoms with Crippen LogP contribution >= 0.6 is 0 Å². The second kappa shape index (κ2) is 38.6. The molecule has 523 valence electrons. The van der Waals surface area contributed by atoms with Gasteiger partial charge in [-0.05, 0) is 101 Å². The van der Waals surface area contributed by atoms with Crippen LogP contribution in [0.3, 0.4) is 0 Å². The van der Waals surface area contributed by atoms with Crippen molar-refractivity contribution in [2.24, 2.45) is 0 Å². The van der Waals surface area contributed by atoms with Gasteiger partial charge in [0, 0.05) is 123 Å². The van der Waals surface area contributed by atoms with E-state index in [0.29, 0.717) is 22.9 Å². The number of fused-ring (bicyclic) bond motifs is 3. The Morgan fingerprint density at radius 2 is 0.743 bits per heavy atom. The Kier molecular flexibility index (Phi) is 31.3. The number of benzene rings is 7. The van der Waals surface area contributed by atoms with Gasteiger partial charge in [-0.15, -0.1) is 105 Å². The fourth-order valence-corrected chi connectivity index (χ4v) is 10.7. The minimum atomic E-state index is -0.263. The number of carbonyl (C=O) groups is 3. The van der Waals surface area contributed by atoms with Gasteiger partial charge < -0.3 is 28.6 Å². The number of aliphatic hydroxyl groups excluding tert-OH is 3. The third-order valence-corrected chi connectivity index (χ3v) is 14.5. The molecule has 16 heteroatoms. The Bertz CT molecular complexity index is 4920. The van der Waals surface area contributed by atoms with E-state index in [2.05, 4.69) is 168 Å². The number of allylic oxidation sites excluding steroid dienone is 6. The zero-order valence-corrected chi connectivity index (χ0v) is 65.4. The van der Waals surface area contributed by atoms with Crippen LogP contribution in [0.15, 0.2) is 243 Å². The average molecular weight is 1880 g/mol. The third kappa shape index (κ3) is 23.9. The number of carbonyl (C=O) groups excluding carboxylic acids is 3.